The van der Waals surface area contributed by atoms with E-state index < -0.39 is 0 Å². The zero-order valence-corrected chi connectivity index (χ0v) is 15.3. The van der Waals surface area contributed by atoms with E-state index in [1.54, 1.807) is 11.3 Å². The van der Waals surface area contributed by atoms with Crippen LogP contribution in [-0.2, 0) is 11.2 Å². The quantitative estimate of drug-likeness (QED) is 0.837. The van der Waals surface area contributed by atoms with Gasteiger partial charge in [-0.25, -0.2) is 0 Å². The average molecular weight is 399 g/mol. The van der Waals surface area contributed by atoms with Gasteiger partial charge >= 0.3 is 0 Å². The fraction of sp³-hybridized carbons (Fsp3) is 0.533. The Morgan fingerprint density at radius 1 is 1.52 bits per heavy atom. The fourth-order valence-corrected chi connectivity index (χ4v) is 4.03. The van der Waals surface area contributed by atoms with Crippen LogP contribution in [0, 0.1) is 0 Å². The molecule has 0 spiro atoms. The highest BCUT2D eigenvalue weighted by Crippen LogP contribution is 2.27. The van der Waals surface area contributed by atoms with Crippen molar-refractivity contribution in [2.24, 2.45) is 0 Å². The van der Waals surface area contributed by atoms with Crippen LogP contribution in [0.3, 0.4) is 0 Å². The third-order valence-electron chi connectivity index (χ3n) is 4.06. The molecule has 0 aliphatic carbocycles. The van der Waals surface area contributed by atoms with Crippen LogP contribution < -0.4 is 5.32 Å². The normalized spacial score (nSPS) is 16.0. The second kappa shape index (κ2) is 7.55. The van der Waals surface area contributed by atoms with Crippen LogP contribution in [0.5, 0.6) is 0 Å². The summed E-state index contributed by atoms with van der Waals surface area (Å²) in [6, 6.07) is 2.48. The first-order valence-corrected chi connectivity index (χ1v) is 9.35. The third kappa shape index (κ3) is 4.19. The van der Waals surface area contributed by atoms with Gasteiger partial charge in [0.1, 0.15) is 0 Å². The molecule has 124 valence electrons. The number of nitrogens with one attached hydrogen (secondary N) is 1. The summed E-state index contributed by atoms with van der Waals surface area (Å²) in [5.74, 6) is 1.26. The first kappa shape index (κ1) is 16.6. The number of piperidine rings is 1. The number of aromatic nitrogens is 2. The number of hydrogen-bond donors (Lipinski definition) is 1. The van der Waals surface area contributed by atoms with E-state index in [0.717, 1.165) is 35.3 Å². The highest BCUT2D eigenvalue weighted by molar-refractivity contribution is 9.10. The summed E-state index contributed by atoms with van der Waals surface area (Å²) in [4.78, 5) is 19.5. The standard InChI is InChI=1S/C15H19BrN4O2S/c1-17-11-4-6-20(7-5-11)14(21)3-2-13-18-15(19-22-13)12-8-10(16)9-23-12/h8-9,11,17H,2-7H2,1H3. The van der Waals surface area contributed by atoms with Gasteiger partial charge in [-0.1, -0.05) is 5.16 Å². The highest BCUT2D eigenvalue weighted by Gasteiger charge is 2.22. The Balaban J connectivity index is 1.51. The van der Waals surface area contributed by atoms with Crippen molar-refractivity contribution in [2.75, 3.05) is 20.1 Å². The van der Waals surface area contributed by atoms with E-state index in [4.69, 9.17) is 4.52 Å². The Morgan fingerprint density at radius 3 is 2.96 bits per heavy atom. The van der Waals surface area contributed by atoms with Gasteiger partial charge in [-0.15, -0.1) is 11.3 Å². The minimum absolute atomic E-state index is 0.165. The molecule has 0 atom stereocenters. The molecule has 1 amide bonds. The highest BCUT2D eigenvalue weighted by atomic mass is 79.9. The van der Waals surface area contributed by atoms with Crippen molar-refractivity contribution in [1.82, 2.24) is 20.4 Å². The summed E-state index contributed by atoms with van der Waals surface area (Å²) in [6.45, 7) is 1.64. The van der Waals surface area contributed by atoms with Gasteiger partial charge in [-0.2, -0.15) is 4.98 Å². The summed E-state index contributed by atoms with van der Waals surface area (Å²) in [7, 11) is 1.97. The molecule has 2 aromatic heterocycles. The molecule has 0 aromatic carbocycles. The molecule has 0 bridgehead atoms. The molecule has 23 heavy (non-hydrogen) atoms. The molecule has 1 aliphatic rings. The van der Waals surface area contributed by atoms with Crippen molar-refractivity contribution < 1.29 is 9.32 Å². The molecule has 8 heteroatoms. The van der Waals surface area contributed by atoms with E-state index in [1.807, 2.05) is 23.4 Å². The second-order valence-corrected chi connectivity index (χ2v) is 7.41. The first-order chi connectivity index (χ1) is 11.2. The summed E-state index contributed by atoms with van der Waals surface area (Å²) >= 11 is 4.96. The van der Waals surface area contributed by atoms with Gasteiger partial charge in [0.05, 0.1) is 4.88 Å². The summed E-state index contributed by atoms with van der Waals surface area (Å²) in [5, 5.41) is 9.23. The molecule has 0 unspecified atom stereocenters. The van der Waals surface area contributed by atoms with E-state index in [0.29, 0.717) is 30.6 Å². The Hall–Kier alpha value is -1.25. The number of likely N-dealkylation sites (tertiary alicyclic amines) is 1. The van der Waals surface area contributed by atoms with Crippen molar-refractivity contribution in [2.45, 2.75) is 31.7 Å². The van der Waals surface area contributed by atoms with Crippen molar-refractivity contribution in [1.29, 1.82) is 0 Å². The summed E-state index contributed by atoms with van der Waals surface area (Å²) < 4.78 is 6.25. The molecule has 0 saturated carbocycles. The van der Waals surface area contributed by atoms with Gasteiger partial charge in [-0.05, 0) is 41.9 Å². The van der Waals surface area contributed by atoms with Gasteiger partial charge in [-0.3, -0.25) is 4.79 Å². The van der Waals surface area contributed by atoms with Crippen LogP contribution in [0.15, 0.2) is 20.4 Å². The zero-order valence-electron chi connectivity index (χ0n) is 12.9. The van der Waals surface area contributed by atoms with E-state index >= 15 is 0 Å². The average Bonchev–Trinajstić information content (AvgIpc) is 3.21. The molecular weight excluding hydrogens is 380 g/mol. The smallest absolute Gasteiger partial charge is 0.227 e. The maximum absolute atomic E-state index is 12.3. The lowest BCUT2D eigenvalue weighted by Gasteiger charge is -2.31. The van der Waals surface area contributed by atoms with Crippen molar-refractivity contribution in [3.05, 3.63) is 21.8 Å². The van der Waals surface area contributed by atoms with Crippen LogP contribution in [0.25, 0.3) is 10.7 Å². The van der Waals surface area contributed by atoms with Crippen molar-refractivity contribution in [3.63, 3.8) is 0 Å². The first-order valence-electron chi connectivity index (χ1n) is 7.67. The van der Waals surface area contributed by atoms with Crippen molar-refractivity contribution in [3.8, 4) is 10.7 Å². The number of nitrogens with zero attached hydrogens (tertiary/aromatic N) is 3. The SMILES string of the molecule is CNC1CCN(C(=O)CCc2nc(-c3cc(Br)cs3)no2)CC1. The number of aryl methyl sites for hydroxylation is 1. The number of amides is 1. The largest absolute Gasteiger partial charge is 0.343 e. The van der Waals surface area contributed by atoms with Gasteiger partial charge in [0.2, 0.25) is 17.6 Å². The monoisotopic (exact) mass is 398 g/mol. The predicted octanol–water partition coefficient (Wildman–Crippen LogP) is 2.70. The number of rotatable bonds is 5. The molecule has 3 heterocycles. The van der Waals surface area contributed by atoms with Gasteiger partial charge in [0, 0.05) is 41.8 Å². The molecule has 1 fully saturated rings. The number of carbonyl (C=O) groups excluding carboxylic acids is 1. The topological polar surface area (TPSA) is 71.3 Å². The third-order valence-corrected chi connectivity index (χ3v) is 5.75. The fourth-order valence-electron chi connectivity index (χ4n) is 2.68. The molecule has 1 saturated heterocycles. The van der Waals surface area contributed by atoms with E-state index in [2.05, 4.69) is 31.4 Å². The van der Waals surface area contributed by atoms with Crippen LogP contribution >= 0.6 is 27.3 Å². The van der Waals surface area contributed by atoms with Crippen LogP contribution in [0.1, 0.15) is 25.2 Å². The molecule has 0 radical (unpaired) electrons. The van der Waals surface area contributed by atoms with Crippen LogP contribution in [0.4, 0.5) is 0 Å². The minimum atomic E-state index is 0.165. The lowest BCUT2D eigenvalue weighted by Crippen LogP contribution is -2.44. The Morgan fingerprint density at radius 2 is 2.30 bits per heavy atom. The van der Waals surface area contributed by atoms with Gasteiger partial charge < -0.3 is 14.7 Å². The Kier molecular flexibility index (Phi) is 5.45. The lowest BCUT2D eigenvalue weighted by atomic mass is 10.0. The molecule has 1 aliphatic heterocycles. The molecule has 2 aromatic rings. The summed E-state index contributed by atoms with van der Waals surface area (Å²) in [5.41, 5.74) is 0. The predicted molar refractivity (Wildman–Crippen MR) is 92.3 cm³/mol. The number of thiophene rings is 1. The Bertz CT molecular complexity index is 664. The maximum Gasteiger partial charge on any atom is 0.227 e. The molecule has 1 N–H and O–H groups in total. The maximum atomic E-state index is 12.3. The minimum Gasteiger partial charge on any atom is -0.343 e. The zero-order chi connectivity index (χ0) is 16.2. The second-order valence-electron chi connectivity index (χ2n) is 5.58. The van der Waals surface area contributed by atoms with Crippen LogP contribution in [0.2, 0.25) is 0 Å². The number of hydrogen-bond acceptors (Lipinski definition) is 6. The molecule has 6 nitrogen and oxygen atoms in total. The van der Waals surface area contributed by atoms with E-state index in [-0.39, 0.29) is 5.91 Å². The van der Waals surface area contributed by atoms with E-state index in [9.17, 15) is 4.79 Å². The lowest BCUT2D eigenvalue weighted by molar-refractivity contribution is -0.132. The summed E-state index contributed by atoms with van der Waals surface area (Å²) in [6.07, 6.45) is 2.94. The van der Waals surface area contributed by atoms with Gasteiger partial charge in [0.25, 0.3) is 0 Å². The number of halogens is 1. The molecular formula is C15H19BrN4O2S. The Labute approximate surface area is 147 Å². The van der Waals surface area contributed by atoms with E-state index in [1.165, 1.54) is 0 Å². The molecule has 3 rings (SSSR count). The number of carbonyl (C=O) groups is 1. The van der Waals surface area contributed by atoms with Crippen LogP contribution in [-0.4, -0.2) is 47.1 Å². The van der Waals surface area contributed by atoms with Crippen molar-refractivity contribution >= 4 is 33.2 Å². The van der Waals surface area contributed by atoms with Gasteiger partial charge in [0.15, 0.2) is 0 Å².